The average molecular weight is 424 g/mol. The molecule has 0 saturated carbocycles. The molecule has 3 amide bonds. The molecule has 0 bridgehead atoms. The summed E-state index contributed by atoms with van der Waals surface area (Å²) in [7, 11) is -4.87. The third kappa shape index (κ3) is 9.10. The molecule has 0 spiro atoms. The molecule has 13 heteroatoms. The number of nitrogens with two attached hydrogens (primary N) is 1. The number of hydrogen-bond donors (Lipinski definition) is 6. The predicted octanol–water partition coefficient (Wildman–Crippen LogP) is -2.17. The van der Waals surface area contributed by atoms with Crippen LogP contribution in [-0.4, -0.2) is 72.2 Å². The summed E-state index contributed by atoms with van der Waals surface area (Å²) in [6.45, 7) is 5.20. The van der Waals surface area contributed by atoms with Crippen molar-refractivity contribution in [3.63, 3.8) is 0 Å². The molecular weight excluding hydrogens is 396 g/mol. The molecule has 0 aliphatic heterocycles. The monoisotopic (exact) mass is 424 g/mol. The fraction of sp³-hybridized carbons (Fsp3) is 0.733. The van der Waals surface area contributed by atoms with Crippen LogP contribution in [0.1, 0.15) is 33.6 Å². The number of aliphatic carboxylic acids is 1. The zero-order valence-electron chi connectivity index (χ0n) is 16.0. The Kier molecular flexibility index (Phi) is 10.6. The maximum Gasteiger partial charge on any atom is 0.324 e. The van der Waals surface area contributed by atoms with Crippen molar-refractivity contribution in [3.8, 4) is 0 Å². The first kappa shape index (κ1) is 25.8. The lowest BCUT2D eigenvalue weighted by Gasteiger charge is -2.24. The van der Waals surface area contributed by atoms with Crippen LogP contribution in [0.25, 0.3) is 0 Å². The largest absolute Gasteiger partial charge is 0.480 e. The van der Waals surface area contributed by atoms with E-state index in [1.165, 1.54) is 6.92 Å². The highest BCUT2D eigenvalue weighted by molar-refractivity contribution is 7.87. The zero-order valence-corrected chi connectivity index (χ0v) is 16.8. The maximum absolute atomic E-state index is 12.4. The van der Waals surface area contributed by atoms with Gasteiger partial charge in [0.25, 0.3) is 10.1 Å². The Hall–Kier alpha value is -2.25. The molecular formula is C15H28N4O8S. The van der Waals surface area contributed by atoms with Crippen LogP contribution in [0, 0.1) is 5.92 Å². The lowest BCUT2D eigenvalue weighted by atomic mass is 10.0. The zero-order chi connectivity index (χ0) is 22.1. The van der Waals surface area contributed by atoms with Crippen LogP contribution in [0.2, 0.25) is 0 Å². The second-order valence-electron chi connectivity index (χ2n) is 6.48. The van der Waals surface area contributed by atoms with E-state index in [1.54, 1.807) is 13.8 Å². The van der Waals surface area contributed by atoms with E-state index >= 15 is 0 Å². The first-order chi connectivity index (χ1) is 12.8. The summed E-state index contributed by atoms with van der Waals surface area (Å²) < 4.78 is 30.9. The summed E-state index contributed by atoms with van der Waals surface area (Å²) in [4.78, 5) is 47.0. The summed E-state index contributed by atoms with van der Waals surface area (Å²) in [6.07, 6.45) is -1.20. The quantitative estimate of drug-likeness (QED) is 0.188. The highest BCUT2D eigenvalue weighted by atomic mass is 32.2. The molecule has 28 heavy (non-hydrogen) atoms. The number of amides is 3. The molecule has 3 atom stereocenters. The molecule has 7 N–H and O–H groups in total. The third-order valence-corrected chi connectivity index (χ3v) is 4.89. The summed E-state index contributed by atoms with van der Waals surface area (Å²) >= 11 is 0. The van der Waals surface area contributed by atoms with Crippen molar-refractivity contribution in [3.05, 3.63) is 0 Å². The van der Waals surface area contributed by atoms with E-state index in [9.17, 15) is 27.6 Å². The summed E-state index contributed by atoms with van der Waals surface area (Å²) in [5.41, 5.74) is 5.28. The molecule has 162 valence electrons. The number of carboxylic acid groups (broad SMARTS) is 1. The first-order valence-electron chi connectivity index (χ1n) is 8.57. The van der Waals surface area contributed by atoms with Gasteiger partial charge in [-0.1, -0.05) is 13.8 Å². The summed E-state index contributed by atoms with van der Waals surface area (Å²) in [6, 6.07) is -1.92. The molecule has 0 saturated heterocycles. The van der Waals surface area contributed by atoms with Crippen LogP contribution in [0.15, 0.2) is 0 Å². The molecule has 0 aromatic carbocycles. The van der Waals surface area contributed by atoms with Crippen LogP contribution in [0.4, 0.5) is 0 Å². The maximum atomic E-state index is 12.4. The van der Waals surface area contributed by atoms with Gasteiger partial charge in [0.05, 0.1) is 0 Å². The van der Waals surface area contributed by atoms with E-state index < -0.39 is 64.0 Å². The van der Waals surface area contributed by atoms with Crippen molar-refractivity contribution in [1.82, 2.24) is 16.0 Å². The van der Waals surface area contributed by atoms with Gasteiger partial charge in [0.15, 0.2) is 5.25 Å². The molecule has 0 rings (SSSR count). The Balaban J connectivity index is 4.88. The fourth-order valence-electron chi connectivity index (χ4n) is 2.16. The fourth-order valence-corrected chi connectivity index (χ4v) is 2.83. The SMILES string of the molecule is CC(C)C(NC(=O)CCC(C(=O)O)S(=O)(=O)O)C(=O)N[C@@H](C)C(=O)NCCN. The average Bonchev–Trinajstić information content (AvgIpc) is 2.55. The van der Waals surface area contributed by atoms with Gasteiger partial charge in [-0.15, -0.1) is 0 Å². The normalized spacial score (nSPS) is 14.6. The van der Waals surface area contributed by atoms with Gasteiger partial charge in [0, 0.05) is 19.5 Å². The van der Waals surface area contributed by atoms with Gasteiger partial charge in [-0.25, -0.2) is 0 Å². The highest BCUT2D eigenvalue weighted by Gasteiger charge is 2.32. The first-order valence-corrected chi connectivity index (χ1v) is 10.1. The number of rotatable bonds is 12. The van der Waals surface area contributed by atoms with Crippen LogP contribution < -0.4 is 21.7 Å². The van der Waals surface area contributed by atoms with Gasteiger partial charge in [-0.3, -0.25) is 23.7 Å². The summed E-state index contributed by atoms with van der Waals surface area (Å²) in [5.74, 6) is -4.02. The number of hydrogen-bond acceptors (Lipinski definition) is 7. The Bertz CT molecular complexity index is 680. The van der Waals surface area contributed by atoms with E-state index in [4.69, 9.17) is 15.4 Å². The smallest absolute Gasteiger partial charge is 0.324 e. The Labute approximate surface area is 163 Å². The van der Waals surface area contributed by atoms with Gasteiger partial charge in [-0.2, -0.15) is 8.42 Å². The second kappa shape index (κ2) is 11.6. The predicted molar refractivity (Wildman–Crippen MR) is 98.6 cm³/mol. The van der Waals surface area contributed by atoms with E-state index in [0.29, 0.717) is 0 Å². The van der Waals surface area contributed by atoms with Gasteiger partial charge in [-0.05, 0) is 19.3 Å². The van der Waals surface area contributed by atoms with Crippen LogP contribution >= 0.6 is 0 Å². The van der Waals surface area contributed by atoms with Gasteiger partial charge < -0.3 is 26.8 Å². The van der Waals surface area contributed by atoms with Gasteiger partial charge in [0.2, 0.25) is 17.7 Å². The standard InChI is InChI=1S/C15H28N4O8S/c1-8(2)12(14(22)18-9(3)13(21)17-7-6-16)19-11(20)5-4-10(15(23)24)28(25,26)27/h8-10,12H,4-7,16H2,1-3H3,(H,17,21)(H,18,22)(H,19,20)(H,23,24)(H,25,26,27)/t9-,10?,12?/m0/s1. The lowest BCUT2D eigenvalue weighted by molar-refractivity contribution is -0.137. The number of nitrogens with one attached hydrogen (secondary N) is 3. The third-order valence-electron chi connectivity index (χ3n) is 3.73. The van der Waals surface area contributed by atoms with E-state index in [1.807, 2.05) is 0 Å². The minimum Gasteiger partial charge on any atom is -0.480 e. The van der Waals surface area contributed by atoms with Gasteiger partial charge in [0.1, 0.15) is 12.1 Å². The Morgan fingerprint density at radius 2 is 1.61 bits per heavy atom. The molecule has 0 heterocycles. The van der Waals surface area contributed by atoms with Crippen molar-refractivity contribution in [2.45, 2.75) is 50.9 Å². The van der Waals surface area contributed by atoms with E-state index in [-0.39, 0.29) is 19.0 Å². The molecule has 12 nitrogen and oxygen atoms in total. The Morgan fingerprint density at radius 1 is 1.04 bits per heavy atom. The van der Waals surface area contributed by atoms with Crippen molar-refractivity contribution >= 4 is 33.8 Å². The minimum atomic E-state index is -4.87. The molecule has 0 aromatic rings. The number of carboxylic acids is 1. The van der Waals surface area contributed by atoms with E-state index in [0.717, 1.165) is 0 Å². The van der Waals surface area contributed by atoms with Crippen molar-refractivity contribution in [1.29, 1.82) is 0 Å². The van der Waals surface area contributed by atoms with Crippen molar-refractivity contribution in [2.75, 3.05) is 13.1 Å². The Morgan fingerprint density at radius 3 is 2.04 bits per heavy atom. The van der Waals surface area contributed by atoms with Crippen LogP contribution in [0.3, 0.4) is 0 Å². The highest BCUT2D eigenvalue weighted by Crippen LogP contribution is 2.09. The van der Waals surface area contributed by atoms with Crippen LogP contribution in [0.5, 0.6) is 0 Å². The minimum absolute atomic E-state index is 0.234. The van der Waals surface area contributed by atoms with Gasteiger partial charge >= 0.3 is 5.97 Å². The molecule has 2 unspecified atom stereocenters. The van der Waals surface area contributed by atoms with Crippen LogP contribution in [-0.2, 0) is 29.3 Å². The molecule has 0 aromatic heterocycles. The topological polar surface area (TPSA) is 205 Å². The number of carbonyl (C=O) groups is 4. The van der Waals surface area contributed by atoms with Crippen molar-refractivity contribution in [2.24, 2.45) is 11.7 Å². The summed E-state index contributed by atoms with van der Waals surface area (Å²) in [5, 5.41) is 14.0. The molecule has 0 aliphatic carbocycles. The van der Waals surface area contributed by atoms with E-state index in [2.05, 4.69) is 16.0 Å². The molecule has 0 radical (unpaired) electrons. The van der Waals surface area contributed by atoms with Crippen molar-refractivity contribution < 1.29 is 37.3 Å². The lowest BCUT2D eigenvalue weighted by Crippen LogP contribution is -2.54. The molecule has 0 aliphatic rings. The number of carbonyl (C=O) groups excluding carboxylic acids is 3. The molecule has 0 fully saturated rings. The second-order valence-corrected chi connectivity index (χ2v) is 8.08.